The predicted octanol–water partition coefficient (Wildman–Crippen LogP) is 2.05. The van der Waals surface area contributed by atoms with Gasteiger partial charge < -0.3 is 14.8 Å². The third-order valence-electron chi connectivity index (χ3n) is 4.54. The number of nitrogens with one attached hydrogen (secondary N) is 1. The van der Waals surface area contributed by atoms with E-state index in [-0.39, 0.29) is 29.7 Å². The minimum absolute atomic E-state index is 0.0784. The molecule has 0 saturated heterocycles. The van der Waals surface area contributed by atoms with E-state index in [0.29, 0.717) is 37.3 Å². The van der Waals surface area contributed by atoms with Gasteiger partial charge in [-0.25, -0.2) is 4.98 Å². The van der Waals surface area contributed by atoms with Crippen LogP contribution in [0.4, 0.5) is 0 Å². The Balaban J connectivity index is 1.73. The number of carbonyl (C=O) groups excluding carboxylic acids is 1. The van der Waals surface area contributed by atoms with Crippen molar-refractivity contribution in [2.24, 2.45) is 5.92 Å². The van der Waals surface area contributed by atoms with Gasteiger partial charge >= 0.3 is 0 Å². The van der Waals surface area contributed by atoms with Crippen molar-refractivity contribution < 1.29 is 14.3 Å². The van der Waals surface area contributed by atoms with E-state index >= 15 is 0 Å². The summed E-state index contributed by atoms with van der Waals surface area (Å²) in [7, 11) is 0. The van der Waals surface area contributed by atoms with Crippen molar-refractivity contribution in [2.75, 3.05) is 0 Å². The molecular weight excluding hydrogens is 306 g/mol. The van der Waals surface area contributed by atoms with Crippen molar-refractivity contribution >= 4 is 5.91 Å². The highest BCUT2D eigenvalue weighted by molar-refractivity contribution is 5.92. The zero-order valence-corrected chi connectivity index (χ0v) is 14.0. The molecule has 1 aliphatic carbocycles. The van der Waals surface area contributed by atoms with Crippen LogP contribution < -0.4 is 5.32 Å². The van der Waals surface area contributed by atoms with Crippen LogP contribution in [-0.4, -0.2) is 33.1 Å². The quantitative estimate of drug-likeness (QED) is 0.847. The lowest BCUT2D eigenvalue weighted by atomic mass is 9.76. The summed E-state index contributed by atoms with van der Waals surface area (Å²) >= 11 is 0. The first-order chi connectivity index (χ1) is 11.6. The highest BCUT2D eigenvalue weighted by Gasteiger charge is 2.35. The van der Waals surface area contributed by atoms with Gasteiger partial charge in [-0.15, -0.1) is 0 Å². The average molecular weight is 329 g/mol. The number of hydrogen-bond donors (Lipinski definition) is 2. The van der Waals surface area contributed by atoms with Crippen LogP contribution in [0, 0.1) is 12.8 Å². The zero-order chi connectivity index (χ0) is 17.1. The second kappa shape index (κ2) is 7.13. The molecule has 2 aromatic rings. The molecule has 128 valence electrons. The normalized spacial score (nSPS) is 21.1. The Labute approximate surface area is 141 Å². The summed E-state index contributed by atoms with van der Waals surface area (Å²) in [5.41, 5.74) is 1.53. The summed E-state index contributed by atoms with van der Waals surface area (Å²) in [5, 5.41) is 12.7. The lowest BCUT2D eigenvalue weighted by Crippen LogP contribution is -2.48. The maximum atomic E-state index is 12.6. The van der Waals surface area contributed by atoms with Crippen LogP contribution in [0.2, 0.25) is 0 Å². The molecule has 6 nitrogen and oxygen atoms in total. The van der Waals surface area contributed by atoms with Gasteiger partial charge in [0.2, 0.25) is 5.76 Å². The number of hydrogen-bond acceptors (Lipinski definition) is 5. The van der Waals surface area contributed by atoms with E-state index in [9.17, 15) is 9.90 Å². The molecule has 1 saturated carbocycles. The smallest absolute Gasteiger partial charge is 0.289 e. The van der Waals surface area contributed by atoms with Crippen molar-refractivity contribution in [3.05, 3.63) is 47.4 Å². The SMILES string of the molecule is CCc1nc(C)c(C(=O)N[C@@H](Cc2ccccn2)C2CC(O)C2)o1. The molecular formula is C18H23N3O3. The highest BCUT2D eigenvalue weighted by atomic mass is 16.4. The first-order valence-corrected chi connectivity index (χ1v) is 8.42. The number of aromatic nitrogens is 2. The third-order valence-corrected chi connectivity index (χ3v) is 4.54. The van der Waals surface area contributed by atoms with Gasteiger partial charge in [0.25, 0.3) is 5.91 Å². The van der Waals surface area contributed by atoms with E-state index in [1.165, 1.54) is 0 Å². The fourth-order valence-electron chi connectivity index (χ4n) is 3.09. The third kappa shape index (κ3) is 3.64. The van der Waals surface area contributed by atoms with Crippen molar-refractivity contribution in [2.45, 2.75) is 51.7 Å². The summed E-state index contributed by atoms with van der Waals surface area (Å²) in [4.78, 5) is 21.2. The largest absolute Gasteiger partial charge is 0.435 e. The molecule has 3 rings (SSSR count). The molecule has 0 aromatic carbocycles. The number of pyridine rings is 1. The standard InChI is InChI=1S/C18H23N3O3/c1-3-16-20-11(2)17(24-16)18(23)21-15(12-8-14(22)9-12)10-13-6-4-5-7-19-13/h4-7,12,14-15,22H,3,8-10H2,1-2H3,(H,21,23)/t12?,14?,15-/m0/s1. The van der Waals surface area contributed by atoms with E-state index in [2.05, 4.69) is 15.3 Å². The Morgan fingerprint density at radius 3 is 2.83 bits per heavy atom. The zero-order valence-electron chi connectivity index (χ0n) is 14.0. The summed E-state index contributed by atoms with van der Waals surface area (Å²) < 4.78 is 5.54. The van der Waals surface area contributed by atoms with Crippen LogP contribution in [0.1, 0.15) is 47.6 Å². The first-order valence-electron chi connectivity index (χ1n) is 8.42. The predicted molar refractivity (Wildman–Crippen MR) is 88.5 cm³/mol. The van der Waals surface area contributed by atoms with Crippen molar-refractivity contribution in [1.82, 2.24) is 15.3 Å². The topological polar surface area (TPSA) is 88.2 Å². The van der Waals surface area contributed by atoms with Gasteiger partial charge in [0.1, 0.15) is 0 Å². The van der Waals surface area contributed by atoms with E-state index in [4.69, 9.17) is 4.42 Å². The monoisotopic (exact) mass is 329 g/mol. The van der Waals surface area contributed by atoms with Gasteiger partial charge in [0.05, 0.1) is 11.8 Å². The van der Waals surface area contributed by atoms with E-state index in [1.54, 1.807) is 13.1 Å². The van der Waals surface area contributed by atoms with Gasteiger partial charge in [0, 0.05) is 30.8 Å². The molecule has 6 heteroatoms. The van der Waals surface area contributed by atoms with E-state index in [1.807, 2.05) is 25.1 Å². The summed E-state index contributed by atoms with van der Waals surface area (Å²) in [6, 6.07) is 5.67. The minimum atomic E-state index is -0.267. The van der Waals surface area contributed by atoms with Crippen LogP contribution in [0.3, 0.4) is 0 Å². The molecule has 1 atom stereocenters. The number of nitrogens with zero attached hydrogens (tertiary/aromatic N) is 2. The highest BCUT2D eigenvalue weighted by Crippen LogP contribution is 2.31. The van der Waals surface area contributed by atoms with Crippen LogP contribution in [0.5, 0.6) is 0 Å². The Morgan fingerprint density at radius 1 is 1.46 bits per heavy atom. The summed E-state index contributed by atoms with van der Waals surface area (Å²) in [5.74, 6) is 0.845. The Kier molecular flexibility index (Phi) is 4.94. The molecule has 2 aromatic heterocycles. The van der Waals surface area contributed by atoms with Crippen LogP contribution in [0.15, 0.2) is 28.8 Å². The fourth-order valence-corrected chi connectivity index (χ4v) is 3.09. The minimum Gasteiger partial charge on any atom is -0.435 e. The molecule has 1 aliphatic rings. The Morgan fingerprint density at radius 2 is 2.25 bits per heavy atom. The van der Waals surface area contributed by atoms with Gasteiger partial charge in [-0.05, 0) is 37.8 Å². The Hall–Kier alpha value is -2.21. The van der Waals surface area contributed by atoms with Gasteiger partial charge in [-0.3, -0.25) is 9.78 Å². The van der Waals surface area contributed by atoms with Crippen LogP contribution in [-0.2, 0) is 12.8 Å². The molecule has 0 radical (unpaired) electrons. The maximum Gasteiger partial charge on any atom is 0.289 e. The number of amides is 1. The van der Waals surface area contributed by atoms with E-state index < -0.39 is 0 Å². The maximum absolute atomic E-state index is 12.6. The molecule has 0 spiro atoms. The molecule has 0 unspecified atom stereocenters. The second-order valence-electron chi connectivity index (χ2n) is 6.37. The molecule has 0 aliphatic heterocycles. The number of carbonyl (C=O) groups is 1. The molecule has 2 N–H and O–H groups in total. The molecule has 2 heterocycles. The second-order valence-corrected chi connectivity index (χ2v) is 6.37. The van der Waals surface area contributed by atoms with E-state index in [0.717, 1.165) is 5.69 Å². The Bertz CT molecular complexity index is 693. The van der Waals surface area contributed by atoms with Gasteiger partial charge in [0.15, 0.2) is 5.89 Å². The molecule has 0 bridgehead atoms. The number of rotatable bonds is 6. The summed E-state index contributed by atoms with van der Waals surface area (Å²) in [6.07, 6.45) is 4.17. The number of aliphatic hydroxyl groups is 1. The number of aryl methyl sites for hydroxylation is 2. The lowest BCUT2D eigenvalue weighted by Gasteiger charge is -2.37. The summed E-state index contributed by atoms with van der Waals surface area (Å²) in [6.45, 7) is 3.71. The molecule has 24 heavy (non-hydrogen) atoms. The first kappa shape index (κ1) is 16.6. The van der Waals surface area contributed by atoms with Crippen molar-refractivity contribution in [1.29, 1.82) is 0 Å². The van der Waals surface area contributed by atoms with Crippen molar-refractivity contribution in [3.63, 3.8) is 0 Å². The van der Waals surface area contributed by atoms with Crippen molar-refractivity contribution in [3.8, 4) is 0 Å². The van der Waals surface area contributed by atoms with Crippen LogP contribution >= 0.6 is 0 Å². The fraction of sp³-hybridized carbons (Fsp3) is 0.500. The molecule has 1 fully saturated rings. The van der Waals surface area contributed by atoms with Crippen LogP contribution in [0.25, 0.3) is 0 Å². The lowest BCUT2D eigenvalue weighted by molar-refractivity contribution is 0.0234. The number of aliphatic hydroxyl groups excluding tert-OH is 1. The van der Waals surface area contributed by atoms with Gasteiger partial charge in [-0.1, -0.05) is 13.0 Å². The number of oxazole rings is 1. The average Bonchev–Trinajstić information content (AvgIpc) is 2.93. The molecule has 1 amide bonds. The van der Waals surface area contributed by atoms with Gasteiger partial charge in [-0.2, -0.15) is 0 Å².